The van der Waals surface area contributed by atoms with Crippen LogP contribution in [0.15, 0.2) is 24.3 Å². The van der Waals surface area contributed by atoms with Crippen molar-refractivity contribution in [3.63, 3.8) is 0 Å². The molecule has 0 aliphatic rings. The molecule has 0 unspecified atom stereocenters. The van der Waals surface area contributed by atoms with Crippen LogP contribution in [0.5, 0.6) is 0 Å². The summed E-state index contributed by atoms with van der Waals surface area (Å²) in [7, 11) is -3.86. The minimum Gasteiger partial charge on any atom is -0.448 e. The summed E-state index contributed by atoms with van der Waals surface area (Å²) in [5, 5.41) is 0. The van der Waals surface area contributed by atoms with Gasteiger partial charge >= 0.3 is 12.3 Å². The lowest BCUT2D eigenvalue weighted by atomic mass is 10.1. The molecule has 118 valence electrons. The van der Waals surface area contributed by atoms with E-state index in [0.29, 0.717) is 5.56 Å². The zero-order valence-electron chi connectivity index (χ0n) is 10.8. The van der Waals surface area contributed by atoms with Gasteiger partial charge in [-0.1, -0.05) is 18.2 Å². The molecule has 1 aromatic rings. The van der Waals surface area contributed by atoms with Crippen molar-refractivity contribution in [2.75, 3.05) is 12.9 Å². The number of hydrogen-bond acceptors (Lipinski definition) is 5. The van der Waals surface area contributed by atoms with E-state index in [2.05, 4.69) is 9.02 Å². The Morgan fingerprint density at radius 3 is 2.57 bits per heavy atom. The number of nitrogens with one attached hydrogen (secondary N) is 1. The number of halogens is 3. The number of alkyl halides is 3. The molecule has 0 spiro atoms. The molecule has 6 nitrogen and oxygen atoms in total. The minimum absolute atomic E-state index is 0.0379. The molecule has 10 heteroatoms. The van der Waals surface area contributed by atoms with Crippen LogP contribution in [0.3, 0.4) is 0 Å². The van der Waals surface area contributed by atoms with Crippen molar-refractivity contribution in [2.45, 2.75) is 12.6 Å². The van der Waals surface area contributed by atoms with Gasteiger partial charge in [-0.2, -0.15) is 27.1 Å². The number of hydrogen-bond donors (Lipinski definition) is 1. The van der Waals surface area contributed by atoms with Crippen molar-refractivity contribution in [3.8, 4) is 0 Å². The van der Waals surface area contributed by atoms with Gasteiger partial charge in [-0.3, -0.25) is 0 Å². The van der Waals surface area contributed by atoms with Gasteiger partial charge in [0.05, 0.1) is 18.4 Å². The number of carbonyl (C=O) groups excluding carboxylic acids is 1. The first-order valence-electron chi connectivity index (χ1n) is 5.55. The highest BCUT2D eigenvalue weighted by Gasteiger charge is 2.30. The Morgan fingerprint density at radius 1 is 1.33 bits per heavy atom. The van der Waals surface area contributed by atoms with Crippen molar-refractivity contribution >= 4 is 16.2 Å². The monoisotopic (exact) mass is 327 g/mol. The average molecular weight is 327 g/mol. The summed E-state index contributed by atoms with van der Waals surface area (Å²) in [4.78, 5) is 11.0. The predicted octanol–water partition coefficient (Wildman–Crippen LogP) is 1.87. The molecular formula is C11H12F3NO5S. The molecule has 1 rings (SSSR count). The van der Waals surface area contributed by atoms with E-state index < -0.39 is 28.0 Å². The SMILES string of the molecule is CS(=O)(=O)ONC(=O)OCCc1cccc(C(F)(F)F)c1. The molecule has 0 aliphatic carbocycles. The average Bonchev–Trinajstić information content (AvgIpc) is 2.35. The predicted molar refractivity (Wildman–Crippen MR) is 65.6 cm³/mol. The Labute approximate surface area is 118 Å². The molecule has 0 saturated heterocycles. The second-order valence-electron chi connectivity index (χ2n) is 3.97. The third-order valence-electron chi connectivity index (χ3n) is 2.15. The number of benzene rings is 1. The lowest BCUT2D eigenvalue weighted by Gasteiger charge is -2.09. The van der Waals surface area contributed by atoms with Gasteiger partial charge in [0.25, 0.3) is 10.1 Å². The molecule has 0 heterocycles. The molecule has 0 saturated carbocycles. The second-order valence-corrected chi connectivity index (χ2v) is 5.55. The zero-order valence-corrected chi connectivity index (χ0v) is 11.6. The van der Waals surface area contributed by atoms with Crippen LogP contribution in [0.25, 0.3) is 0 Å². The van der Waals surface area contributed by atoms with Gasteiger partial charge < -0.3 is 4.74 Å². The Morgan fingerprint density at radius 2 is 2.00 bits per heavy atom. The van der Waals surface area contributed by atoms with Gasteiger partial charge in [-0.25, -0.2) is 4.79 Å². The Hall–Kier alpha value is -1.81. The minimum atomic E-state index is -4.45. The highest BCUT2D eigenvalue weighted by Crippen LogP contribution is 2.29. The number of carbonyl (C=O) groups is 1. The molecule has 1 amide bonds. The zero-order chi connectivity index (χ0) is 16.1. The third kappa shape index (κ3) is 6.95. The normalized spacial score (nSPS) is 12.0. The Bertz CT molecular complexity index is 600. The maximum atomic E-state index is 12.5. The molecule has 0 radical (unpaired) electrons. The van der Waals surface area contributed by atoms with E-state index in [9.17, 15) is 26.4 Å². The smallest absolute Gasteiger partial charge is 0.432 e. The van der Waals surface area contributed by atoms with Crippen LogP contribution in [0, 0.1) is 0 Å². The van der Waals surface area contributed by atoms with E-state index in [1.54, 1.807) is 0 Å². The topological polar surface area (TPSA) is 81.7 Å². The summed E-state index contributed by atoms with van der Waals surface area (Å²) in [5.41, 5.74) is 1.04. The summed E-state index contributed by atoms with van der Waals surface area (Å²) in [6.45, 7) is -0.236. The van der Waals surface area contributed by atoms with E-state index in [4.69, 9.17) is 0 Å². The second kappa shape index (κ2) is 6.76. The molecule has 1 aromatic carbocycles. The fourth-order valence-corrected chi connectivity index (χ4v) is 1.52. The molecule has 0 aromatic heterocycles. The number of hydroxylamine groups is 1. The number of amides is 1. The maximum Gasteiger partial charge on any atom is 0.432 e. The van der Waals surface area contributed by atoms with Gasteiger partial charge in [0, 0.05) is 6.42 Å². The van der Waals surface area contributed by atoms with Gasteiger partial charge in [0.2, 0.25) is 0 Å². The fourth-order valence-electron chi connectivity index (χ4n) is 1.30. The largest absolute Gasteiger partial charge is 0.448 e. The molecule has 1 N–H and O–H groups in total. The van der Waals surface area contributed by atoms with Crippen molar-refractivity contribution in [1.82, 2.24) is 5.48 Å². The first-order valence-corrected chi connectivity index (χ1v) is 7.37. The van der Waals surface area contributed by atoms with Gasteiger partial charge in [-0.15, -0.1) is 4.28 Å². The number of rotatable bonds is 5. The van der Waals surface area contributed by atoms with Crippen molar-refractivity contribution in [2.24, 2.45) is 0 Å². The molecule has 0 bridgehead atoms. The van der Waals surface area contributed by atoms with Crippen LogP contribution >= 0.6 is 0 Å². The third-order valence-corrected chi connectivity index (χ3v) is 2.54. The Kier molecular flexibility index (Phi) is 5.55. The van der Waals surface area contributed by atoms with Crippen LogP contribution in [-0.2, 0) is 31.7 Å². The van der Waals surface area contributed by atoms with E-state index in [-0.39, 0.29) is 13.0 Å². The molecule has 0 atom stereocenters. The summed E-state index contributed by atoms with van der Waals surface area (Å²) in [6.07, 6.45) is -4.85. The molecule has 0 aliphatic heterocycles. The highest BCUT2D eigenvalue weighted by atomic mass is 32.2. The van der Waals surface area contributed by atoms with Crippen molar-refractivity contribution in [1.29, 1.82) is 0 Å². The van der Waals surface area contributed by atoms with Crippen molar-refractivity contribution < 1.29 is 35.4 Å². The first-order chi connectivity index (χ1) is 9.58. The van der Waals surface area contributed by atoms with Crippen LogP contribution in [-0.4, -0.2) is 27.4 Å². The van der Waals surface area contributed by atoms with Gasteiger partial charge in [0.15, 0.2) is 0 Å². The molecule has 21 heavy (non-hydrogen) atoms. The summed E-state index contributed by atoms with van der Waals surface area (Å²) in [5.74, 6) is 0. The van der Waals surface area contributed by atoms with Crippen LogP contribution in [0.4, 0.5) is 18.0 Å². The molecular weight excluding hydrogens is 315 g/mol. The van der Waals surface area contributed by atoms with Crippen LogP contribution in [0.1, 0.15) is 11.1 Å². The lowest BCUT2D eigenvalue weighted by Crippen LogP contribution is -2.27. The summed E-state index contributed by atoms with van der Waals surface area (Å²) >= 11 is 0. The van der Waals surface area contributed by atoms with Crippen molar-refractivity contribution in [3.05, 3.63) is 35.4 Å². The molecule has 0 fully saturated rings. The van der Waals surface area contributed by atoms with E-state index in [1.165, 1.54) is 17.6 Å². The van der Waals surface area contributed by atoms with Crippen LogP contribution in [0.2, 0.25) is 0 Å². The van der Waals surface area contributed by atoms with Crippen LogP contribution < -0.4 is 5.48 Å². The summed E-state index contributed by atoms with van der Waals surface area (Å²) in [6, 6.07) is 4.56. The fraction of sp³-hybridized carbons (Fsp3) is 0.364. The first kappa shape index (κ1) is 17.2. The van der Waals surface area contributed by atoms with E-state index >= 15 is 0 Å². The highest BCUT2D eigenvalue weighted by molar-refractivity contribution is 7.85. The maximum absolute atomic E-state index is 12.5. The van der Waals surface area contributed by atoms with E-state index in [1.807, 2.05) is 0 Å². The Balaban J connectivity index is 2.44. The number of ether oxygens (including phenoxy) is 1. The lowest BCUT2D eigenvalue weighted by molar-refractivity contribution is -0.137. The van der Waals surface area contributed by atoms with E-state index in [0.717, 1.165) is 18.4 Å². The standard InChI is InChI=1S/C11H12F3NO5S/c1-21(17,18)20-15-10(16)19-6-5-8-3-2-4-9(7-8)11(12,13)14/h2-4,7H,5-6H2,1H3,(H,15,16). The summed E-state index contributed by atoms with van der Waals surface area (Å²) < 4.78 is 67.0. The van der Waals surface area contributed by atoms with Gasteiger partial charge in [-0.05, 0) is 11.6 Å². The quantitative estimate of drug-likeness (QED) is 0.835. The van der Waals surface area contributed by atoms with Gasteiger partial charge in [0.1, 0.15) is 0 Å².